The lowest BCUT2D eigenvalue weighted by atomic mass is 10.2. The zero-order valence-corrected chi connectivity index (χ0v) is 13.7. The standard InChI is InChI=1S/C18H16N2S2/c21-18(15-9-5-2-6-10-15)19-12-11-17-20-16(13-22-17)14-7-3-1-4-8-14/h1-10,13H,11-12H2,(H,19,21). The van der Waals surface area contributed by atoms with Gasteiger partial charge in [-0.25, -0.2) is 4.98 Å². The van der Waals surface area contributed by atoms with Gasteiger partial charge in [-0.2, -0.15) is 0 Å². The zero-order chi connectivity index (χ0) is 15.2. The summed E-state index contributed by atoms with van der Waals surface area (Å²) >= 11 is 7.09. The van der Waals surface area contributed by atoms with Crippen molar-refractivity contribution in [2.75, 3.05) is 6.54 Å². The van der Waals surface area contributed by atoms with Gasteiger partial charge in [0.25, 0.3) is 0 Å². The van der Waals surface area contributed by atoms with E-state index in [0.29, 0.717) is 0 Å². The Balaban J connectivity index is 1.55. The predicted octanol–water partition coefficient (Wildman–Crippen LogP) is 4.32. The van der Waals surface area contributed by atoms with Crippen LogP contribution in [0.4, 0.5) is 0 Å². The van der Waals surface area contributed by atoms with Crippen LogP contribution in [0.25, 0.3) is 11.3 Å². The molecule has 0 amide bonds. The van der Waals surface area contributed by atoms with E-state index in [1.54, 1.807) is 11.3 Å². The molecule has 0 radical (unpaired) electrons. The van der Waals surface area contributed by atoms with E-state index in [9.17, 15) is 0 Å². The van der Waals surface area contributed by atoms with Crippen LogP contribution in [0.1, 0.15) is 10.6 Å². The van der Waals surface area contributed by atoms with Crippen LogP contribution in [0, 0.1) is 0 Å². The van der Waals surface area contributed by atoms with Crippen molar-refractivity contribution < 1.29 is 0 Å². The second-order valence-corrected chi connectivity index (χ2v) is 6.22. The van der Waals surface area contributed by atoms with Crippen LogP contribution in [0.15, 0.2) is 66.0 Å². The van der Waals surface area contributed by atoms with Gasteiger partial charge in [0.05, 0.1) is 10.7 Å². The summed E-state index contributed by atoms with van der Waals surface area (Å²) in [5.74, 6) is 0. The molecular weight excluding hydrogens is 308 g/mol. The second-order valence-electron chi connectivity index (χ2n) is 4.86. The molecule has 4 heteroatoms. The van der Waals surface area contributed by atoms with E-state index in [1.807, 2.05) is 48.5 Å². The Bertz CT molecular complexity index is 736. The number of aromatic nitrogens is 1. The Kier molecular flexibility index (Phi) is 4.93. The van der Waals surface area contributed by atoms with E-state index >= 15 is 0 Å². The molecule has 0 saturated carbocycles. The molecule has 0 aliphatic carbocycles. The first-order valence-corrected chi connectivity index (χ1v) is 8.45. The lowest BCUT2D eigenvalue weighted by Crippen LogP contribution is -2.24. The Morgan fingerprint density at radius 3 is 2.41 bits per heavy atom. The van der Waals surface area contributed by atoms with E-state index in [4.69, 9.17) is 12.2 Å². The van der Waals surface area contributed by atoms with E-state index in [-0.39, 0.29) is 0 Å². The molecule has 22 heavy (non-hydrogen) atoms. The highest BCUT2D eigenvalue weighted by molar-refractivity contribution is 7.80. The van der Waals surface area contributed by atoms with Gasteiger partial charge in [0, 0.05) is 29.5 Å². The molecule has 0 saturated heterocycles. The van der Waals surface area contributed by atoms with Crippen LogP contribution in [-0.2, 0) is 6.42 Å². The number of nitrogens with one attached hydrogen (secondary N) is 1. The maximum Gasteiger partial charge on any atom is 0.106 e. The molecule has 0 fully saturated rings. The third-order valence-electron chi connectivity index (χ3n) is 3.28. The minimum atomic E-state index is 0.792. The van der Waals surface area contributed by atoms with E-state index < -0.39 is 0 Å². The highest BCUT2D eigenvalue weighted by atomic mass is 32.1. The summed E-state index contributed by atoms with van der Waals surface area (Å²) in [7, 11) is 0. The molecule has 2 nitrogen and oxygen atoms in total. The molecule has 0 atom stereocenters. The molecule has 0 aliphatic rings. The van der Waals surface area contributed by atoms with Crippen molar-refractivity contribution in [1.82, 2.24) is 10.3 Å². The smallest absolute Gasteiger partial charge is 0.106 e. The Morgan fingerprint density at radius 1 is 1.00 bits per heavy atom. The largest absolute Gasteiger partial charge is 0.375 e. The summed E-state index contributed by atoms with van der Waals surface area (Å²) in [5.41, 5.74) is 3.27. The van der Waals surface area contributed by atoms with Gasteiger partial charge in [0.2, 0.25) is 0 Å². The Morgan fingerprint density at radius 2 is 1.68 bits per heavy atom. The normalized spacial score (nSPS) is 10.4. The van der Waals surface area contributed by atoms with Gasteiger partial charge in [0.1, 0.15) is 4.99 Å². The number of hydrogen-bond acceptors (Lipinski definition) is 3. The van der Waals surface area contributed by atoms with Crippen molar-refractivity contribution in [1.29, 1.82) is 0 Å². The van der Waals surface area contributed by atoms with Crippen LogP contribution in [-0.4, -0.2) is 16.5 Å². The fraction of sp³-hybridized carbons (Fsp3) is 0.111. The van der Waals surface area contributed by atoms with Gasteiger partial charge in [0.15, 0.2) is 0 Å². The van der Waals surface area contributed by atoms with Gasteiger partial charge in [-0.3, -0.25) is 0 Å². The van der Waals surface area contributed by atoms with Crippen molar-refractivity contribution in [3.8, 4) is 11.3 Å². The first-order valence-electron chi connectivity index (χ1n) is 7.16. The zero-order valence-electron chi connectivity index (χ0n) is 12.0. The maximum absolute atomic E-state index is 5.39. The molecule has 3 rings (SSSR count). The van der Waals surface area contributed by atoms with Crippen LogP contribution < -0.4 is 5.32 Å². The number of thiocarbonyl (C=S) groups is 1. The third-order valence-corrected chi connectivity index (χ3v) is 4.57. The molecular formula is C18H16N2S2. The summed E-state index contributed by atoms with van der Waals surface area (Å²) in [4.78, 5) is 5.48. The van der Waals surface area contributed by atoms with Crippen molar-refractivity contribution >= 4 is 28.5 Å². The molecule has 1 N–H and O–H groups in total. The fourth-order valence-corrected chi connectivity index (χ4v) is 3.19. The minimum Gasteiger partial charge on any atom is -0.375 e. The molecule has 1 aromatic heterocycles. The molecule has 1 heterocycles. The maximum atomic E-state index is 5.39. The Labute approximate surface area is 139 Å². The predicted molar refractivity (Wildman–Crippen MR) is 97.4 cm³/mol. The summed E-state index contributed by atoms with van der Waals surface area (Å²) in [6.45, 7) is 0.801. The topological polar surface area (TPSA) is 24.9 Å². The van der Waals surface area contributed by atoms with Crippen LogP contribution in [0.2, 0.25) is 0 Å². The lowest BCUT2D eigenvalue weighted by Gasteiger charge is -2.06. The van der Waals surface area contributed by atoms with Gasteiger partial charge in [-0.1, -0.05) is 72.9 Å². The van der Waals surface area contributed by atoms with Crippen LogP contribution in [0.5, 0.6) is 0 Å². The van der Waals surface area contributed by atoms with Crippen molar-refractivity contribution in [2.45, 2.75) is 6.42 Å². The monoisotopic (exact) mass is 324 g/mol. The average Bonchev–Trinajstić information content (AvgIpc) is 3.05. The lowest BCUT2D eigenvalue weighted by molar-refractivity contribution is 0.868. The molecule has 0 unspecified atom stereocenters. The van der Waals surface area contributed by atoms with Crippen molar-refractivity contribution in [3.05, 3.63) is 76.6 Å². The first kappa shape index (κ1) is 14.9. The quantitative estimate of drug-likeness (QED) is 0.708. The number of benzene rings is 2. The van der Waals surface area contributed by atoms with Gasteiger partial charge < -0.3 is 5.32 Å². The minimum absolute atomic E-state index is 0.792. The van der Waals surface area contributed by atoms with Crippen LogP contribution >= 0.6 is 23.6 Å². The molecule has 0 spiro atoms. The van der Waals surface area contributed by atoms with Gasteiger partial charge in [-0.05, 0) is 0 Å². The van der Waals surface area contributed by atoms with E-state index in [0.717, 1.165) is 39.8 Å². The van der Waals surface area contributed by atoms with E-state index in [2.05, 4.69) is 27.8 Å². The number of nitrogens with zero attached hydrogens (tertiary/aromatic N) is 1. The summed E-state index contributed by atoms with van der Waals surface area (Å²) < 4.78 is 0. The number of rotatable bonds is 5. The second kappa shape index (κ2) is 7.29. The van der Waals surface area contributed by atoms with Gasteiger partial charge >= 0.3 is 0 Å². The molecule has 0 bridgehead atoms. The van der Waals surface area contributed by atoms with Crippen molar-refractivity contribution in [2.24, 2.45) is 0 Å². The summed E-state index contributed by atoms with van der Waals surface area (Å²) in [5, 5.41) is 6.53. The van der Waals surface area contributed by atoms with Crippen molar-refractivity contribution in [3.63, 3.8) is 0 Å². The highest BCUT2D eigenvalue weighted by Gasteiger charge is 2.05. The SMILES string of the molecule is S=C(NCCc1nc(-c2ccccc2)cs1)c1ccccc1. The number of thiazole rings is 1. The van der Waals surface area contributed by atoms with E-state index in [1.165, 1.54) is 0 Å². The van der Waals surface area contributed by atoms with Crippen LogP contribution in [0.3, 0.4) is 0 Å². The highest BCUT2D eigenvalue weighted by Crippen LogP contribution is 2.21. The molecule has 3 aromatic rings. The molecule has 0 aliphatic heterocycles. The molecule has 2 aromatic carbocycles. The number of hydrogen-bond donors (Lipinski definition) is 1. The average molecular weight is 324 g/mol. The summed E-state index contributed by atoms with van der Waals surface area (Å²) in [6, 6.07) is 20.3. The van der Waals surface area contributed by atoms with Gasteiger partial charge in [-0.15, -0.1) is 11.3 Å². The molecule has 110 valence electrons. The first-order chi connectivity index (χ1) is 10.8. The Hall–Kier alpha value is -2.04. The fourth-order valence-electron chi connectivity index (χ4n) is 2.14. The third kappa shape index (κ3) is 3.78. The summed E-state index contributed by atoms with van der Waals surface area (Å²) in [6.07, 6.45) is 0.879.